The predicted octanol–water partition coefficient (Wildman–Crippen LogP) is 3.84. The van der Waals surface area contributed by atoms with Gasteiger partial charge in [0.25, 0.3) is 0 Å². The van der Waals surface area contributed by atoms with Crippen molar-refractivity contribution in [2.24, 2.45) is 0 Å². The highest BCUT2D eigenvalue weighted by atomic mass is 32.2. The molecule has 0 bridgehead atoms. The molecular formula is C15H18N2O2S2. The normalized spacial score (nSPS) is 16.2. The van der Waals surface area contributed by atoms with E-state index >= 15 is 0 Å². The molecule has 0 unspecified atom stereocenters. The van der Waals surface area contributed by atoms with E-state index in [2.05, 4.69) is 9.71 Å². The molecule has 1 aliphatic rings. The van der Waals surface area contributed by atoms with Crippen LogP contribution < -0.4 is 4.72 Å². The van der Waals surface area contributed by atoms with Crippen LogP contribution in [-0.4, -0.2) is 19.7 Å². The topological polar surface area (TPSA) is 59.1 Å². The SMILES string of the molecule is CS(=O)(=O)Nc1nc(-c2ccccc2)c(C2CCCC2)s1. The van der Waals surface area contributed by atoms with E-state index in [1.54, 1.807) is 0 Å². The maximum atomic E-state index is 11.4. The highest BCUT2D eigenvalue weighted by Crippen LogP contribution is 2.43. The maximum Gasteiger partial charge on any atom is 0.231 e. The molecule has 1 N–H and O–H groups in total. The summed E-state index contributed by atoms with van der Waals surface area (Å²) in [5.74, 6) is 0.507. The van der Waals surface area contributed by atoms with Gasteiger partial charge in [-0.15, -0.1) is 11.3 Å². The largest absolute Gasteiger partial charge is 0.259 e. The molecule has 2 aromatic rings. The van der Waals surface area contributed by atoms with Gasteiger partial charge in [-0.05, 0) is 18.8 Å². The van der Waals surface area contributed by atoms with E-state index in [9.17, 15) is 8.42 Å². The fourth-order valence-electron chi connectivity index (χ4n) is 2.80. The zero-order valence-corrected chi connectivity index (χ0v) is 13.5. The van der Waals surface area contributed by atoms with E-state index < -0.39 is 10.0 Å². The third-order valence-corrected chi connectivity index (χ3v) is 5.53. The van der Waals surface area contributed by atoms with Gasteiger partial charge in [0.1, 0.15) is 0 Å². The Morgan fingerprint density at radius 3 is 2.48 bits per heavy atom. The summed E-state index contributed by atoms with van der Waals surface area (Å²) in [6.07, 6.45) is 5.98. The Labute approximate surface area is 129 Å². The minimum absolute atomic E-state index is 0.471. The van der Waals surface area contributed by atoms with Crippen molar-refractivity contribution < 1.29 is 8.42 Å². The highest BCUT2D eigenvalue weighted by Gasteiger charge is 2.25. The van der Waals surface area contributed by atoms with E-state index in [4.69, 9.17) is 0 Å². The molecule has 3 rings (SSSR count). The van der Waals surface area contributed by atoms with Gasteiger partial charge in [0.05, 0.1) is 11.9 Å². The van der Waals surface area contributed by atoms with Crippen LogP contribution in [0.4, 0.5) is 5.13 Å². The molecule has 21 heavy (non-hydrogen) atoms. The lowest BCUT2D eigenvalue weighted by Crippen LogP contribution is -2.08. The van der Waals surface area contributed by atoms with E-state index in [1.807, 2.05) is 30.3 Å². The monoisotopic (exact) mass is 322 g/mol. The van der Waals surface area contributed by atoms with Gasteiger partial charge in [0, 0.05) is 10.4 Å². The average Bonchev–Trinajstić information content (AvgIpc) is 3.06. The van der Waals surface area contributed by atoms with Crippen LogP contribution >= 0.6 is 11.3 Å². The third-order valence-electron chi connectivity index (χ3n) is 3.70. The van der Waals surface area contributed by atoms with Crippen LogP contribution in [0.15, 0.2) is 30.3 Å². The van der Waals surface area contributed by atoms with E-state index in [-0.39, 0.29) is 0 Å². The van der Waals surface area contributed by atoms with Crippen LogP contribution in [0, 0.1) is 0 Å². The van der Waals surface area contributed by atoms with Crippen molar-refractivity contribution in [2.75, 3.05) is 11.0 Å². The molecule has 0 aliphatic heterocycles. The molecule has 1 heterocycles. The number of benzene rings is 1. The number of anilines is 1. The summed E-state index contributed by atoms with van der Waals surface area (Å²) in [5.41, 5.74) is 1.98. The Hall–Kier alpha value is -1.40. The molecule has 1 aromatic carbocycles. The lowest BCUT2D eigenvalue weighted by molar-refractivity contribution is 0.607. The fraction of sp³-hybridized carbons (Fsp3) is 0.400. The lowest BCUT2D eigenvalue weighted by atomic mass is 10.0. The van der Waals surface area contributed by atoms with Gasteiger partial charge >= 0.3 is 0 Å². The quantitative estimate of drug-likeness (QED) is 0.930. The molecule has 4 nitrogen and oxygen atoms in total. The van der Waals surface area contributed by atoms with Crippen molar-refractivity contribution in [3.05, 3.63) is 35.2 Å². The third kappa shape index (κ3) is 3.44. The van der Waals surface area contributed by atoms with Crippen LogP contribution in [0.1, 0.15) is 36.5 Å². The highest BCUT2D eigenvalue weighted by molar-refractivity contribution is 7.92. The van der Waals surface area contributed by atoms with Gasteiger partial charge in [-0.1, -0.05) is 43.2 Å². The molecule has 0 saturated heterocycles. The van der Waals surface area contributed by atoms with Gasteiger partial charge in [-0.2, -0.15) is 0 Å². The number of hydrogen-bond acceptors (Lipinski definition) is 4. The lowest BCUT2D eigenvalue weighted by Gasteiger charge is -2.08. The first-order valence-electron chi connectivity index (χ1n) is 7.07. The Kier molecular flexibility index (Phi) is 3.99. The Bertz CT molecular complexity index is 717. The second-order valence-electron chi connectivity index (χ2n) is 5.45. The minimum Gasteiger partial charge on any atom is -0.259 e. The molecule has 6 heteroatoms. The van der Waals surface area contributed by atoms with Crippen LogP contribution in [-0.2, 0) is 10.0 Å². The molecule has 0 spiro atoms. The number of hydrogen-bond donors (Lipinski definition) is 1. The number of nitrogens with zero attached hydrogens (tertiary/aromatic N) is 1. The van der Waals surface area contributed by atoms with Crippen molar-refractivity contribution >= 4 is 26.5 Å². The Balaban J connectivity index is 2.03. The minimum atomic E-state index is -3.29. The molecule has 0 atom stereocenters. The van der Waals surface area contributed by atoms with Crippen LogP contribution in [0.5, 0.6) is 0 Å². The van der Waals surface area contributed by atoms with Crippen molar-refractivity contribution in [1.29, 1.82) is 0 Å². The van der Waals surface area contributed by atoms with Crippen LogP contribution in [0.3, 0.4) is 0 Å². The summed E-state index contributed by atoms with van der Waals surface area (Å²) in [5, 5.41) is 0.471. The summed E-state index contributed by atoms with van der Waals surface area (Å²) in [7, 11) is -3.29. The fourth-order valence-corrected chi connectivity index (χ4v) is 4.79. The number of thiazole rings is 1. The zero-order chi connectivity index (χ0) is 14.9. The van der Waals surface area contributed by atoms with Crippen molar-refractivity contribution in [2.45, 2.75) is 31.6 Å². The molecule has 0 radical (unpaired) electrons. The molecule has 1 aromatic heterocycles. The second kappa shape index (κ2) is 5.77. The first kappa shape index (κ1) is 14.5. The summed E-state index contributed by atoms with van der Waals surface area (Å²) in [4.78, 5) is 5.75. The zero-order valence-electron chi connectivity index (χ0n) is 11.9. The van der Waals surface area contributed by atoms with Gasteiger partial charge < -0.3 is 0 Å². The Morgan fingerprint density at radius 2 is 1.86 bits per heavy atom. The average molecular weight is 322 g/mol. The predicted molar refractivity (Wildman–Crippen MR) is 87.2 cm³/mol. The number of rotatable bonds is 4. The standard InChI is InChI=1S/C15H18N2O2S2/c1-21(18,19)17-15-16-13(11-7-3-2-4-8-11)14(20-15)12-9-5-6-10-12/h2-4,7-8,12H,5-6,9-10H2,1H3,(H,16,17). The van der Waals surface area contributed by atoms with E-state index in [0.29, 0.717) is 11.0 Å². The molecule has 0 amide bonds. The molecule has 1 aliphatic carbocycles. The van der Waals surface area contributed by atoms with Crippen molar-refractivity contribution in [3.8, 4) is 11.3 Å². The van der Waals surface area contributed by atoms with Crippen molar-refractivity contribution in [3.63, 3.8) is 0 Å². The molecule has 1 fully saturated rings. The van der Waals surface area contributed by atoms with Crippen LogP contribution in [0.25, 0.3) is 11.3 Å². The van der Waals surface area contributed by atoms with Gasteiger partial charge in [0.15, 0.2) is 5.13 Å². The maximum absolute atomic E-state index is 11.4. The summed E-state index contributed by atoms with van der Waals surface area (Å²) < 4.78 is 25.4. The van der Waals surface area contributed by atoms with E-state index in [1.165, 1.54) is 41.9 Å². The van der Waals surface area contributed by atoms with Crippen molar-refractivity contribution in [1.82, 2.24) is 4.98 Å². The van der Waals surface area contributed by atoms with Gasteiger partial charge in [0.2, 0.25) is 10.0 Å². The molecular weight excluding hydrogens is 304 g/mol. The summed E-state index contributed by atoms with van der Waals surface area (Å²) in [6, 6.07) is 9.99. The number of sulfonamides is 1. The summed E-state index contributed by atoms with van der Waals surface area (Å²) >= 11 is 1.48. The number of aromatic nitrogens is 1. The number of nitrogens with one attached hydrogen (secondary N) is 1. The van der Waals surface area contributed by atoms with E-state index in [0.717, 1.165) is 17.5 Å². The molecule has 112 valence electrons. The summed E-state index contributed by atoms with van der Waals surface area (Å²) in [6.45, 7) is 0. The first-order valence-corrected chi connectivity index (χ1v) is 9.77. The Morgan fingerprint density at radius 1 is 1.19 bits per heavy atom. The van der Waals surface area contributed by atoms with Gasteiger partial charge in [-0.25, -0.2) is 13.4 Å². The van der Waals surface area contributed by atoms with Gasteiger partial charge in [-0.3, -0.25) is 4.72 Å². The molecule has 1 saturated carbocycles. The first-order chi connectivity index (χ1) is 10.0. The smallest absolute Gasteiger partial charge is 0.231 e. The van der Waals surface area contributed by atoms with Crippen LogP contribution in [0.2, 0.25) is 0 Å². The second-order valence-corrected chi connectivity index (χ2v) is 8.23.